The van der Waals surface area contributed by atoms with Crippen LogP contribution in [-0.4, -0.2) is 46.4 Å². The first-order valence-corrected chi connectivity index (χ1v) is 10.6. The van der Waals surface area contributed by atoms with E-state index in [1.807, 2.05) is 48.7 Å². The molecule has 4 amide bonds. The Morgan fingerprint density at radius 1 is 0.968 bits per heavy atom. The number of benzene rings is 2. The lowest BCUT2D eigenvalue weighted by Crippen LogP contribution is -2.34. The van der Waals surface area contributed by atoms with Crippen molar-refractivity contribution in [2.75, 3.05) is 13.1 Å². The average molecular weight is 418 g/mol. The van der Waals surface area contributed by atoms with Gasteiger partial charge < -0.3 is 15.2 Å². The predicted molar refractivity (Wildman–Crippen MR) is 118 cm³/mol. The SMILES string of the molecule is O=C(CC[C@@H]1NC(=O)N(CCc2ccccc2)C1=O)NCCn1ccc2ccccc21. The molecule has 2 N–H and O–H groups in total. The van der Waals surface area contributed by atoms with E-state index >= 15 is 0 Å². The van der Waals surface area contributed by atoms with Crippen molar-refractivity contribution in [1.29, 1.82) is 0 Å². The Bertz CT molecular complexity index is 1080. The number of carbonyl (C=O) groups is 3. The molecule has 1 aromatic heterocycles. The summed E-state index contributed by atoms with van der Waals surface area (Å²) in [7, 11) is 0. The zero-order chi connectivity index (χ0) is 21.6. The first-order chi connectivity index (χ1) is 15.1. The molecular weight excluding hydrogens is 392 g/mol. The molecule has 31 heavy (non-hydrogen) atoms. The zero-order valence-electron chi connectivity index (χ0n) is 17.3. The number of urea groups is 1. The molecule has 0 spiro atoms. The molecule has 7 nitrogen and oxygen atoms in total. The van der Waals surface area contributed by atoms with Crippen LogP contribution in [0.25, 0.3) is 10.9 Å². The summed E-state index contributed by atoms with van der Waals surface area (Å²) in [6.45, 7) is 1.51. The van der Waals surface area contributed by atoms with Crippen LogP contribution < -0.4 is 10.6 Å². The fourth-order valence-electron chi connectivity index (χ4n) is 3.89. The highest BCUT2D eigenvalue weighted by molar-refractivity contribution is 6.04. The second kappa shape index (κ2) is 9.47. The van der Waals surface area contributed by atoms with Crippen LogP contribution in [0, 0.1) is 0 Å². The molecule has 0 radical (unpaired) electrons. The first-order valence-electron chi connectivity index (χ1n) is 10.6. The minimum atomic E-state index is -0.637. The summed E-state index contributed by atoms with van der Waals surface area (Å²) in [4.78, 5) is 38.2. The van der Waals surface area contributed by atoms with Gasteiger partial charge >= 0.3 is 6.03 Å². The van der Waals surface area contributed by atoms with Gasteiger partial charge in [-0.2, -0.15) is 0 Å². The number of hydrogen-bond acceptors (Lipinski definition) is 3. The van der Waals surface area contributed by atoms with Crippen molar-refractivity contribution in [2.45, 2.75) is 31.8 Å². The topological polar surface area (TPSA) is 83.4 Å². The third kappa shape index (κ3) is 4.94. The summed E-state index contributed by atoms with van der Waals surface area (Å²) >= 11 is 0. The molecule has 1 atom stereocenters. The van der Waals surface area contributed by atoms with Crippen molar-refractivity contribution >= 4 is 28.7 Å². The van der Waals surface area contributed by atoms with Crippen LogP contribution >= 0.6 is 0 Å². The van der Waals surface area contributed by atoms with Crippen LogP contribution in [0.4, 0.5) is 4.79 Å². The Hall–Kier alpha value is -3.61. The maximum Gasteiger partial charge on any atom is 0.324 e. The number of rotatable bonds is 9. The Kier molecular flexibility index (Phi) is 6.31. The van der Waals surface area contributed by atoms with E-state index in [4.69, 9.17) is 0 Å². The van der Waals surface area contributed by atoms with E-state index in [-0.39, 0.29) is 24.3 Å². The molecule has 2 aromatic carbocycles. The molecule has 2 heterocycles. The number of nitrogens with one attached hydrogen (secondary N) is 2. The van der Waals surface area contributed by atoms with E-state index in [0.717, 1.165) is 11.1 Å². The molecule has 7 heteroatoms. The summed E-state index contributed by atoms with van der Waals surface area (Å²) in [5.74, 6) is -0.381. The van der Waals surface area contributed by atoms with Crippen molar-refractivity contribution in [1.82, 2.24) is 20.1 Å². The van der Waals surface area contributed by atoms with Crippen LogP contribution in [0.3, 0.4) is 0 Å². The van der Waals surface area contributed by atoms with Crippen LogP contribution in [0.2, 0.25) is 0 Å². The number of hydrogen-bond donors (Lipinski definition) is 2. The smallest absolute Gasteiger partial charge is 0.324 e. The van der Waals surface area contributed by atoms with Crippen molar-refractivity contribution in [3.8, 4) is 0 Å². The van der Waals surface area contributed by atoms with Gasteiger partial charge in [-0.15, -0.1) is 0 Å². The van der Waals surface area contributed by atoms with Gasteiger partial charge in [0.1, 0.15) is 6.04 Å². The summed E-state index contributed by atoms with van der Waals surface area (Å²) in [5, 5.41) is 6.76. The summed E-state index contributed by atoms with van der Waals surface area (Å²) in [5.41, 5.74) is 2.20. The molecule has 0 bridgehead atoms. The third-order valence-electron chi connectivity index (χ3n) is 5.59. The molecule has 3 aromatic rings. The number of imide groups is 1. The van der Waals surface area contributed by atoms with Crippen molar-refractivity contribution in [2.24, 2.45) is 0 Å². The third-order valence-corrected chi connectivity index (χ3v) is 5.59. The first kappa shape index (κ1) is 20.7. The largest absolute Gasteiger partial charge is 0.354 e. The second-order valence-electron chi connectivity index (χ2n) is 7.68. The number of aromatic nitrogens is 1. The quantitative estimate of drug-likeness (QED) is 0.524. The van der Waals surface area contributed by atoms with E-state index in [9.17, 15) is 14.4 Å². The molecule has 1 saturated heterocycles. The normalized spacial score (nSPS) is 16.0. The van der Waals surface area contributed by atoms with Crippen LogP contribution in [0.5, 0.6) is 0 Å². The number of para-hydroxylation sites is 1. The summed E-state index contributed by atoms with van der Waals surface area (Å²) in [6.07, 6.45) is 3.11. The number of carbonyl (C=O) groups excluding carboxylic acids is 3. The van der Waals surface area contributed by atoms with Crippen LogP contribution in [0.15, 0.2) is 66.9 Å². The van der Waals surface area contributed by atoms with Crippen LogP contribution in [-0.2, 0) is 22.6 Å². The minimum absolute atomic E-state index is 0.124. The number of nitrogens with zero attached hydrogens (tertiary/aromatic N) is 2. The highest BCUT2D eigenvalue weighted by atomic mass is 16.2. The van der Waals surface area contributed by atoms with Crippen molar-refractivity contribution < 1.29 is 14.4 Å². The lowest BCUT2D eigenvalue weighted by Gasteiger charge is -2.13. The lowest BCUT2D eigenvalue weighted by molar-refractivity contribution is -0.127. The van der Waals surface area contributed by atoms with Gasteiger partial charge in [0.05, 0.1) is 0 Å². The van der Waals surface area contributed by atoms with E-state index < -0.39 is 6.04 Å². The van der Waals surface area contributed by atoms with Crippen molar-refractivity contribution in [3.05, 3.63) is 72.4 Å². The second-order valence-corrected chi connectivity index (χ2v) is 7.68. The standard InChI is InChI=1S/C24H26N4O3/c29-22(25-14-17-27-15-13-19-8-4-5-9-21(19)27)11-10-20-23(30)28(24(31)26-20)16-12-18-6-2-1-3-7-18/h1-9,13,15,20H,10-12,14,16-17H2,(H,25,29)(H,26,31)/t20-/m0/s1. The minimum Gasteiger partial charge on any atom is -0.354 e. The maximum absolute atomic E-state index is 12.6. The van der Waals surface area contributed by atoms with E-state index in [0.29, 0.717) is 32.5 Å². The van der Waals surface area contributed by atoms with Gasteiger partial charge in [0.2, 0.25) is 5.91 Å². The van der Waals surface area contributed by atoms with E-state index in [1.165, 1.54) is 10.3 Å². The van der Waals surface area contributed by atoms with Gasteiger partial charge in [-0.3, -0.25) is 14.5 Å². The van der Waals surface area contributed by atoms with Gasteiger partial charge in [0.25, 0.3) is 5.91 Å². The van der Waals surface area contributed by atoms with Gasteiger partial charge in [-0.05, 0) is 35.9 Å². The van der Waals surface area contributed by atoms with Gasteiger partial charge in [0.15, 0.2) is 0 Å². The molecule has 0 aliphatic carbocycles. The molecule has 0 saturated carbocycles. The molecule has 1 aliphatic heterocycles. The zero-order valence-corrected chi connectivity index (χ0v) is 17.3. The summed E-state index contributed by atoms with van der Waals surface area (Å²) in [6, 6.07) is 18.9. The Labute approximate surface area is 181 Å². The Morgan fingerprint density at radius 3 is 2.58 bits per heavy atom. The fourth-order valence-corrected chi connectivity index (χ4v) is 3.89. The van der Waals surface area contributed by atoms with E-state index in [1.54, 1.807) is 0 Å². The van der Waals surface area contributed by atoms with Crippen molar-refractivity contribution in [3.63, 3.8) is 0 Å². The molecule has 1 aliphatic rings. The number of fused-ring (bicyclic) bond motifs is 1. The lowest BCUT2D eigenvalue weighted by atomic mass is 10.1. The molecule has 4 rings (SSSR count). The predicted octanol–water partition coefficient (Wildman–Crippen LogP) is 2.70. The van der Waals surface area contributed by atoms with Gasteiger partial charge in [-0.1, -0.05) is 48.5 Å². The maximum atomic E-state index is 12.6. The Morgan fingerprint density at radius 2 is 1.74 bits per heavy atom. The highest BCUT2D eigenvalue weighted by Gasteiger charge is 2.37. The van der Waals surface area contributed by atoms with Gasteiger partial charge in [-0.25, -0.2) is 4.79 Å². The molecule has 1 fully saturated rings. The van der Waals surface area contributed by atoms with E-state index in [2.05, 4.69) is 33.4 Å². The molecule has 0 unspecified atom stereocenters. The molecular formula is C24H26N4O3. The summed E-state index contributed by atoms with van der Waals surface area (Å²) < 4.78 is 2.10. The van der Waals surface area contributed by atoms with Crippen LogP contribution in [0.1, 0.15) is 18.4 Å². The molecule has 160 valence electrons. The monoisotopic (exact) mass is 418 g/mol. The average Bonchev–Trinajstić information content (AvgIpc) is 3.32. The number of amides is 4. The fraction of sp³-hybridized carbons (Fsp3) is 0.292. The highest BCUT2D eigenvalue weighted by Crippen LogP contribution is 2.15. The Balaban J connectivity index is 1.20. The van der Waals surface area contributed by atoms with Gasteiger partial charge in [0, 0.05) is 37.8 Å².